The third-order valence-electron chi connectivity index (χ3n) is 5.98. The molecule has 0 aromatic heterocycles. The number of anilines is 1. The lowest BCUT2D eigenvalue weighted by atomic mass is 9.84. The SMILES string of the molecule is COC(=O)C(OC(C)(C)C)c1c(C)cc(N)c(C2CC2)c1-c1ccc2c(c1)CCCO2. The average Bonchev–Trinajstić information content (AvgIpc) is 3.55. The lowest BCUT2D eigenvalue weighted by molar-refractivity contribution is -0.164. The van der Waals surface area contributed by atoms with Crippen LogP contribution in [0.3, 0.4) is 0 Å². The van der Waals surface area contributed by atoms with Gasteiger partial charge in [-0.25, -0.2) is 4.79 Å². The molecular formula is C26H33NO4. The van der Waals surface area contributed by atoms with Crippen molar-refractivity contribution in [1.29, 1.82) is 0 Å². The highest BCUT2D eigenvalue weighted by molar-refractivity contribution is 5.87. The normalized spacial score (nSPS) is 16.9. The molecule has 0 saturated heterocycles. The van der Waals surface area contributed by atoms with E-state index in [1.165, 1.54) is 12.7 Å². The molecule has 0 radical (unpaired) electrons. The monoisotopic (exact) mass is 423 g/mol. The van der Waals surface area contributed by atoms with E-state index in [4.69, 9.17) is 19.9 Å². The molecule has 1 aliphatic carbocycles. The maximum Gasteiger partial charge on any atom is 0.339 e. The van der Waals surface area contributed by atoms with E-state index >= 15 is 0 Å². The standard InChI is InChI=1S/C26H33NO4/c1-15-13-19(27)22(16-8-9-16)23(18-10-11-20-17(14-18)7-6-12-30-20)21(15)24(25(28)29-5)31-26(2,3)4/h10-11,13-14,16,24H,6-9,12,27H2,1-5H3. The van der Waals surface area contributed by atoms with E-state index in [2.05, 4.69) is 12.1 Å². The van der Waals surface area contributed by atoms with Gasteiger partial charge in [0.05, 0.1) is 19.3 Å². The van der Waals surface area contributed by atoms with Crippen LogP contribution >= 0.6 is 0 Å². The van der Waals surface area contributed by atoms with Crippen molar-refractivity contribution >= 4 is 11.7 Å². The fourth-order valence-corrected chi connectivity index (χ4v) is 4.54. The van der Waals surface area contributed by atoms with Crippen molar-refractivity contribution in [3.05, 3.63) is 46.5 Å². The molecule has 1 atom stereocenters. The van der Waals surface area contributed by atoms with Crippen LogP contribution in [0, 0.1) is 6.92 Å². The third kappa shape index (κ3) is 4.42. The van der Waals surface area contributed by atoms with Crippen LogP contribution in [0.25, 0.3) is 11.1 Å². The Morgan fingerprint density at radius 2 is 1.97 bits per heavy atom. The van der Waals surface area contributed by atoms with Crippen molar-refractivity contribution in [2.45, 2.75) is 71.0 Å². The molecule has 2 aromatic rings. The Morgan fingerprint density at radius 3 is 2.61 bits per heavy atom. The van der Waals surface area contributed by atoms with Gasteiger partial charge < -0.3 is 19.9 Å². The molecule has 2 N–H and O–H groups in total. The molecule has 0 bridgehead atoms. The van der Waals surface area contributed by atoms with E-state index in [-0.39, 0.29) is 0 Å². The topological polar surface area (TPSA) is 70.8 Å². The minimum absolute atomic E-state index is 0.396. The summed E-state index contributed by atoms with van der Waals surface area (Å²) in [6, 6.07) is 8.30. The smallest absolute Gasteiger partial charge is 0.339 e. The van der Waals surface area contributed by atoms with Crippen molar-refractivity contribution in [3.63, 3.8) is 0 Å². The number of ether oxygens (including phenoxy) is 3. The number of aryl methyl sites for hydroxylation is 2. The van der Waals surface area contributed by atoms with Crippen molar-refractivity contribution < 1.29 is 19.0 Å². The second kappa shape index (κ2) is 8.19. The first-order valence-corrected chi connectivity index (χ1v) is 11.1. The van der Waals surface area contributed by atoms with E-state index in [9.17, 15) is 4.79 Å². The van der Waals surface area contributed by atoms with E-state index in [0.29, 0.717) is 5.92 Å². The Balaban J connectivity index is 1.97. The highest BCUT2D eigenvalue weighted by atomic mass is 16.6. The highest BCUT2D eigenvalue weighted by Gasteiger charge is 2.37. The Bertz CT molecular complexity index is 1000. The van der Waals surface area contributed by atoms with Crippen LogP contribution in [0.5, 0.6) is 5.75 Å². The first kappa shape index (κ1) is 21.7. The zero-order valence-electron chi connectivity index (χ0n) is 19.2. The molecule has 5 heteroatoms. The summed E-state index contributed by atoms with van der Waals surface area (Å²) in [5.74, 6) is 0.960. The summed E-state index contributed by atoms with van der Waals surface area (Å²) in [7, 11) is 1.41. The second-order valence-corrected chi connectivity index (χ2v) is 9.67. The molecule has 4 rings (SSSR count). The second-order valence-electron chi connectivity index (χ2n) is 9.67. The largest absolute Gasteiger partial charge is 0.493 e. The van der Waals surface area contributed by atoms with Crippen molar-refractivity contribution in [2.24, 2.45) is 0 Å². The minimum Gasteiger partial charge on any atom is -0.493 e. The molecule has 1 aliphatic heterocycles. The van der Waals surface area contributed by atoms with Gasteiger partial charge >= 0.3 is 5.97 Å². The summed E-state index contributed by atoms with van der Waals surface area (Å²) in [6.45, 7) is 8.61. The van der Waals surface area contributed by atoms with Crippen LogP contribution < -0.4 is 10.5 Å². The zero-order chi connectivity index (χ0) is 22.3. The van der Waals surface area contributed by atoms with Gasteiger partial charge in [-0.1, -0.05) is 6.07 Å². The molecule has 1 fully saturated rings. The molecule has 2 aliphatic rings. The van der Waals surface area contributed by atoms with Gasteiger partial charge in [0.25, 0.3) is 0 Å². The van der Waals surface area contributed by atoms with Crippen molar-refractivity contribution in [3.8, 4) is 16.9 Å². The van der Waals surface area contributed by atoms with Crippen LogP contribution in [0.15, 0.2) is 24.3 Å². The minimum atomic E-state index is -0.828. The van der Waals surface area contributed by atoms with E-state index in [1.807, 2.05) is 39.8 Å². The first-order valence-electron chi connectivity index (χ1n) is 11.1. The predicted molar refractivity (Wildman–Crippen MR) is 122 cm³/mol. The van der Waals surface area contributed by atoms with E-state index in [0.717, 1.165) is 71.5 Å². The molecular weight excluding hydrogens is 390 g/mol. The Hall–Kier alpha value is -2.53. The predicted octanol–water partition coefficient (Wildman–Crippen LogP) is 5.48. The van der Waals surface area contributed by atoms with Gasteiger partial charge in [-0.15, -0.1) is 0 Å². The van der Waals surface area contributed by atoms with Gasteiger partial charge in [-0.2, -0.15) is 0 Å². The maximum absolute atomic E-state index is 12.9. The van der Waals surface area contributed by atoms with Gasteiger partial charge in [0.2, 0.25) is 0 Å². The fourth-order valence-electron chi connectivity index (χ4n) is 4.54. The molecule has 1 heterocycles. The van der Waals surface area contributed by atoms with Crippen LogP contribution in [0.2, 0.25) is 0 Å². The number of carbonyl (C=O) groups is 1. The highest BCUT2D eigenvalue weighted by Crippen LogP contribution is 2.51. The lowest BCUT2D eigenvalue weighted by Gasteiger charge is -2.30. The van der Waals surface area contributed by atoms with Gasteiger partial charge in [0.15, 0.2) is 6.10 Å². The van der Waals surface area contributed by atoms with Crippen LogP contribution in [-0.2, 0) is 20.7 Å². The molecule has 166 valence electrons. The molecule has 0 amide bonds. The molecule has 0 spiro atoms. The Kier molecular flexibility index (Phi) is 5.73. The zero-order valence-corrected chi connectivity index (χ0v) is 19.2. The molecule has 5 nitrogen and oxygen atoms in total. The van der Waals surface area contributed by atoms with Crippen molar-refractivity contribution in [2.75, 3.05) is 19.5 Å². The summed E-state index contributed by atoms with van der Waals surface area (Å²) in [4.78, 5) is 12.9. The summed E-state index contributed by atoms with van der Waals surface area (Å²) in [6.07, 6.45) is 3.38. The number of rotatable bonds is 5. The number of nitrogen functional groups attached to an aromatic ring is 1. The fraction of sp³-hybridized carbons (Fsp3) is 0.500. The van der Waals surface area contributed by atoms with Crippen LogP contribution in [0.4, 0.5) is 5.69 Å². The third-order valence-corrected chi connectivity index (χ3v) is 5.98. The van der Waals surface area contributed by atoms with Crippen LogP contribution in [-0.4, -0.2) is 25.3 Å². The Labute approximate surface area is 184 Å². The van der Waals surface area contributed by atoms with Crippen LogP contribution in [0.1, 0.15) is 74.3 Å². The number of carbonyl (C=O) groups excluding carboxylic acids is 1. The summed E-state index contributed by atoms with van der Waals surface area (Å²) in [5, 5.41) is 0. The molecule has 2 aromatic carbocycles. The van der Waals surface area contributed by atoms with E-state index < -0.39 is 17.7 Å². The number of fused-ring (bicyclic) bond motifs is 1. The number of hydrogen-bond donors (Lipinski definition) is 1. The van der Waals surface area contributed by atoms with Gasteiger partial charge in [0, 0.05) is 11.3 Å². The summed E-state index contributed by atoms with van der Waals surface area (Å²) < 4.78 is 17.3. The average molecular weight is 424 g/mol. The number of methoxy groups -OCH3 is 1. The Morgan fingerprint density at radius 1 is 1.23 bits per heavy atom. The lowest BCUT2D eigenvalue weighted by Crippen LogP contribution is -2.29. The number of benzene rings is 2. The van der Waals surface area contributed by atoms with Crippen molar-refractivity contribution in [1.82, 2.24) is 0 Å². The van der Waals surface area contributed by atoms with Gasteiger partial charge in [0.1, 0.15) is 5.75 Å². The number of nitrogens with two attached hydrogens (primary N) is 1. The maximum atomic E-state index is 12.9. The van der Waals surface area contributed by atoms with Gasteiger partial charge in [-0.3, -0.25) is 0 Å². The molecule has 1 unspecified atom stereocenters. The van der Waals surface area contributed by atoms with Gasteiger partial charge in [-0.05, 0) is 105 Å². The summed E-state index contributed by atoms with van der Waals surface area (Å²) in [5.41, 5.74) is 13.0. The first-order chi connectivity index (χ1) is 14.7. The van der Waals surface area contributed by atoms with E-state index in [1.54, 1.807) is 0 Å². The number of esters is 1. The number of hydrogen-bond acceptors (Lipinski definition) is 5. The molecule has 1 saturated carbocycles. The summed E-state index contributed by atoms with van der Waals surface area (Å²) >= 11 is 0. The quantitative estimate of drug-likeness (QED) is 0.510. The molecule has 31 heavy (non-hydrogen) atoms.